The lowest BCUT2D eigenvalue weighted by Gasteiger charge is -2.30. The molecule has 0 saturated carbocycles. The Morgan fingerprint density at radius 1 is 1.24 bits per heavy atom. The monoisotopic (exact) mass is 449 g/mol. The first-order valence-corrected chi connectivity index (χ1v) is 11.9. The van der Waals surface area contributed by atoms with Gasteiger partial charge in [-0.2, -0.15) is 4.31 Å². The molecule has 0 aliphatic carbocycles. The molecule has 3 aromatic rings. The van der Waals surface area contributed by atoms with Crippen LogP contribution in [0.4, 0.5) is 5.13 Å². The molecular weight excluding hydrogens is 430 g/mol. The van der Waals surface area contributed by atoms with Crippen LogP contribution < -0.4 is 5.32 Å². The molecule has 29 heavy (non-hydrogen) atoms. The molecule has 2 heterocycles. The van der Waals surface area contributed by atoms with Crippen LogP contribution in [0.1, 0.15) is 30.1 Å². The summed E-state index contributed by atoms with van der Waals surface area (Å²) in [5.41, 5.74) is 1.01. The number of hydrogen-bond acceptors (Lipinski definition) is 5. The summed E-state index contributed by atoms with van der Waals surface area (Å²) in [5, 5.41) is 3.72. The summed E-state index contributed by atoms with van der Waals surface area (Å²) >= 11 is 7.46. The van der Waals surface area contributed by atoms with Crippen LogP contribution in [0.25, 0.3) is 10.2 Å². The number of aromatic nitrogens is 1. The first-order valence-electron chi connectivity index (χ1n) is 9.31. The lowest BCUT2D eigenvalue weighted by atomic mass is 10.0. The summed E-state index contributed by atoms with van der Waals surface area (Å²) in [6.45, 7) is 3.13. The molecule has 0 spiro atoms. The Labute approximate surface area is 178 Å². The molecule has 1 fully saturated rings. The van der Waals surface area contributed by atoms with Gasteiger partial charge in [0.1, 0.15) is 5.52 Å². The van der Waals surface area contributed by atoms with Crippen LogP contribution in [0.5, 0.6) is 0 Å². The van der Waals surface area contributed by atoms with Gasteiger partial charge in [0.25, 0.3) is 5.91 Å². The van der Waals surface area contributed by atoms with E-state index in [4.69, 9.17) is 11.6 Å². The number of rotatable bonds is 4. The third kappa shape index (κ3) is 4.16. The van der Waals surface area contributed by atoms with Crippen LogP contribution in [0.2, 0.25) is 5.02 Å². The molecule has 1 unspecified atom stereocenters. The number of para-hydroxylation sites is 1. The van der Waals surface area contributed by atoms with Crippen LogP contribution >= 0.6 is 22.9 Å². The average Bonchev–Trinajstić information content (AvgIpc) is 3.12. The number of hydrogen-bond donors (Lipinski definition) is 1. The third-order valence-electron chi connectivity index (χ3n) is 4.96. The van der Waals surface area contributed by atoms with E-state index in [9.17, 15) is 13.2 Å². The minimum Gasteiger partial charge on any atom is -0.298 e. The Morgan fingerprint density at radius 3 is 2.69 bits per heavy atom. The maximum Gasteiger partial charge on any atom is 0.257 e. The van der Waals surface area contributed by atoms with Crippen molar-refractivity contribution in [2.75, 3.05) is 18.4 Å². The van der Waals surface area contributed by atoms with Crippen molar-refractivity contribution in [1.82, 2.24) is 9.29 Å². The number of anilines is 1. The van der Waals surface area contributed by atoms with E-state index in [0.717, 1.165) is 17.5 Å². The number of sulfonamides is 1. The molecule has 152 valence electrons. The number of nitrogens with one attached hydrogen (secondary N) is 1. The molecule has 4 rings (SSSR count). The van der Waals surface area contributed by atoms with E-state index in [1.165, 1.54) is 39.9 Å². The Hall–Kier alpha value is -2.00. The second-order valence-electron chi connectivity index (χ2n) is 7.19. The molecule has 1 aromatic heterocycles. The van der Waals surface area contributed by atoms with E-state index >= 15 is 0 Å². The number of carbonyl (C=O) groups excluding carboxylic acids is 1. The fourth-order valence-electron chi connectivity index (χ4n) is 3.43. The predicted molar refractivity (Wildman–Crippen MR) is 116 cm³/mol. The lowest BCUT2D eigenvalue weighted by molar-refractivity contribution is 0.102. The number of carbonyl (C=O) groups is 1. The van der Waals surface area contributed by atoms with E-state index in [0.29, 0.717) is 40.2 Å². The number of amides is 1. The molecular formula is C20H20ClN3O3S2. The highest BCUT2D eigenvalue weighted by Gasteiger charge is 2.28. The van der Waals surface area contributed by atoms with Crippen molar-refractivity contribution in [2.45, 2.75) is 24.7 Å². The Bertz CT molecular complexity index is 1160. The fraction of sp³-hybridized carbons (Fsp3) is 0.300. The highest BCUT2D eigenvalue weighted by Crippen LogP contribution is 2.31. The Kier molecular flexibility index (Phi) is 5.61. The molecule has 1 aliphatic heterocycles. The summed E-state index contributed by atoms with van der Waals surface area (Å²) in [6, 6.07) is 11.5. The Morgan fingerprint density at radius 2 is 2.00 bits per heavy atom. The smallest absolute Gasteiger partial charge is 0.257 e. The van der Waals surface area contributed by atoms with Gasteiger partial charge in [-0.3, -0.25) is 10.1 Å². The van der Waals surface area contributed by atoms with Crippen molar-refractivity contribution in [2.24, 2.45) is 5.92 Å². The normalized spacial score (nSPS) is 18.1. The summed E-state index contributed by atoms with van der Waals surface area (Å²) in [6.07, 6.45) is 1.91. The van der Waals surface area contributed by atoms with Gasteiger partial charge >= 0.3 is 0 Å². The van der Waals surface area contributed by atoms with E-state index in [1.54, 1.807) is 6.07 Å². The number of piperidine rings is 1. The van der Waals surface area contributed by atoms with Crippen LogP contribution in [0, 0.1) is 5.92 Å². The number of nitrogens with zero attached hydrogens (tertiary/aromatic N) is 2. The molecule has 0 radical (unpaired) electrons. The highest BCUT2D eigenvalue weighted by atomic mass is 35.5. The van der Waals surface area contributed by atoms with Crippen molar-refractivity contribution < 1.29 is 13.2 Å². The van der Waals surface area contributed by atoms with Gasteiger partial charge in [0, 0.05) is 18.7 Å². The van der Waals surface area contributed by atoms with Gasteiger partial charge in [-0.25, -0.2) is 13.4 Å². The predicted octanol–water partition coefficient (Wildman–Crippen LogP) is 4.62. The van der Waals surface area contributed by atoms with Crippen molar-refractivity contribution in [3.8, 4) is 0 Å². The van der Waals surface area contributed by atoms with Crippen LogP contribution in [0.15, 0.2) is 47.4 Å². The molecule has 9 heteroatoms. The maximum absolute atomic E-state index is 12.8. The SMILES string of the molecule is CC1CCCN(S(=O)(=O)c2ccc(C(=O)Nc3nc4c(Cl)cccc4s3)cc2)C1. The van der Waals surface area contributed by atoms with Crippen LogP contribution in [0.3, 0.4) is 0 Å². The topological polar surface area (TPSA) is 79.4 Å². The standard InChI is InChI=1S/C20H20ClN3O3S2/c1-13-4-3-11-24(12-13)29(26,27)15-9-7-14(8-10-15)19(25)23-20-22-18-16(21)5-2-6-17(18)28-20/h2,5-10,13H,3-4,11-12H2,1H3,(H,22,23,25). The zero-order valence-electron chi connectivity index (χ0n) is 15.8. The molecule has 1 atom stereocenters. The quantitative estimate of drug-likeness (QED) is 0.630. The van der Waals surface area contributed by atoms with Gasteiger partial charge in [0.2, 0.25) is 10.0 Å². The molecule has 1 amide bonds. The van der Waals surface area contributed by atoms with E-state index < -0.39 is 10.0 Å². The molecule has 1 saturated heterocycles. The molecule has 1 N–H and O–H groups in total. The second-order valence-corrected chi connectivity index (χ2v) is 10.6. The number of halogens is 1. The zero-order chi connectivity index (χ0) is 20.6. The van der Waals surface area contributed by atoms with Gasteiger partial charge in [0.05, 0.1) is 14.6 Å². The van der Waals surface area contributed by atoms with E-state index in [1.807, 2.05) is 12.1 Å². The summed E-state index contributed by atoms with van der Waals surface area (Å²) < 4.78 is 28.1. The number of thiazole rings is 1. The molecule has 6 nitrogen and oxygen atoms in total. The van der Waals surface area contributed by atoms with Gasteiger partial charge < -0.3 is 0 Å². The second kappa shape index (κ2) is 8.02. The molecule has 0 bridgehead atoms. The Balaban J connectivity index is 1.51. The van der Waals surface area contributed by atoms with Crippen LogP contribution in [-0.2, 0) is 10.0 Å². The third-order valence-corrected chi connectivity index (χ3v) is 8.08. The van der Waals surface area contributed by atoms with Crippen molar-refractivity contribution in [3.63, 3.8) is 0 Å². The van der Waals surface area contributed by atoms with Gasteiger partial charge in [-0.05, 0) is 55.2 Å². The van der Waals surface area contributed by atoms with Gasteiger partial charge in [0.15, 0.2) is 5.13 Å². The minimum absolute atomic E-state index is 0.204. The summed E-state index contributed by atoms with van der Waals surface area (Å²) in [4.78, 5) is 17.1. The lowest BCUT2D eigenvalue weighted by Crippen LogP contribution is -2.39. The van der Waals surface area contributed by atoms with Crippen molar-refractivity contribution in [3.05, 3.63) is 53.1 Å². The molecule has 1 aliphatic rings. The summed E-state index contributed by atoms with van der Waals surface area (Å²) in [5.74, 6) is 0.00149. The largest absolute Gasteiger partial charge is 0.298 e. The maximum atomic E-state index is 12.8. The van der Waals surface area contributed by atoms with E-state index in [2.05, 4.69) is 17.2 Å². The van der Waals surface area contributed by atoms with Gasteiger partial charge in [-0.1, -0.05) is 35.9 Å². The number of fused-ring (bicyclic) bond motifs is 1. The van der Waals surface area contributed by atoms with Gasteiger partial charge in [-0.15, -0.1) is 0 Å². The fourth-order valence-corrected chi connectivity index (χ4v) is 6.19. The average molecular weight is 450 g/mol. The van der Waals surface area contributed by atoms with Crippen LogP contribution in [-0.4, -0.2) is 36.7 Å². The van der Waals surface area contributed by atoms with Crippen molar-refractivity contribution >= 4 is 54.2 Å². The molecule has 2 aromatic carbocycles. The number of benzene rings is 2. The first kappa shape index (κ1) is 20.3. The highest BCUT2D eigenvalue weighted by molar-refractivity contribution is 7.89. The zero-order valence-corrected chi connectivity index (χ0v) is 18.1. The van der Waals surface area contributed by atoms with Crippen molar-refractivity contribution in [1.29, 1.82) is 0 Å². The summed E-state index contributed by atoms with van der Waals surface area (Å²) in [7, 11) is -3.54. The first-order chi connectivity index (χ1) is 13.8. The van der Waals surface area contributed by atoms with E-state index in [-0.39, 0.29) is 10.8 Å². The minimum atomic E-state index is -3.54.